The van der Waals surface area contributed by atoms with Crippen molar-refractivity contribution in [3.8, 4) is 0 Å². The summed E-state index contributed by atoms with van der Waals surface area (Å²) in [6.45, 7) is 2.19. The summed E-state index contributed by atoms with van der Waals surface area (Å²) in [5.41, 5.74) is 3.36. The van der Waals surface area contributed by atoms with E-state index in [4.69, 9.17) is 11.6 Å². The highest BCUT2D eigenvalue weighted by Crippen LogP contribution is 2.16. The van der Waals surface area contributed by atoms with E-state index in [2.05, 4.69) is 24.4 Å². The quantitative estimate of drug-likeness (QED) is 0.677. The van der Waals surface area contributed by atoms with E-state index >= 15 is 0 Å². The molecule has 0 fully saturated rings. The molecule has 0 aliphatic carbocycles. The van der Waals surface area contributed by atoms with Crippen LogP contribution in [0.5, 0.6) is 0 Å². The van der Waals surface area contributed by atoms with E-state index in [-0.39, 0.29) is 5.91 Å². The van der Waals surface area contributed by atoms with Crippen LogP contribution in [0.15, 0.2) is 48.5 Å². The molecule has 2 nitrogen and oxygen atoms in total. The lowest BCUT2D eigenvalue weighted by Gasteiger charge is -2.07. The zero-order chi connectivity index (χ0) is 16.5. The Morgan fingerprint density at radius 1 is 1.04 bits per heavy atom. The summed E-state index contributed by atoms with van der Waals surface area (Å²) in [6, 6.07) is 15.9. The minimum Gasteiger partial charge on any atom is -0.325 e. The van der Waals surface area contributed by atoms with Crippen molar-refractivity contribution in [1.82, 2.24) is 0 Å². The molecule has 0 aromatic heterocycles. The Bertz CT molecular complexity index is 610. The Balaban J connectivity index is 1.72. The van der Waals surface area contributed by atoms with E-state index in [1.54, 1.807) is 11.8 Å². The number of hydrogen-bond donors (Lipinski definition) is 1. The first-order chi connectivity index (χ1) is 11.2. The standard InChI is InChI=1S/C19H22ClNOS/c1-2-3-4-15-7-11-18(12-8-15)21-19(22)14-23-13-16-5-9-17(20)10-6-16/h5-12H,2-4,13-14H2,1H3,(H,21,22). The fraction of sp³-hybridized carbons (Fsp3) is 0.316. The van der Waals surface area contributed by atoms with Gasteiger partial charge < -0.3 is 5.32 Å². The topological polar surface area (TPSA) is 29.1 Å². The Morgan fingerprint density at radius 3 is 2.35 bits per heavy atom. The van der Waals surface area contributed by atoms with Gasteiger partial charge in [-0.1, -0.05) is 49.2 Å². The van der Waals surface area contributed by atoms with Crippen LogP contribution in [-0.2, 0) is 17.0 Å². The van der Waals surface area contributed by atoms with E-state index in [9.17, 15) is 4.79 Å². The molecule has 0 unspecified atom stereocenters. The first kappa shape index (κ1) is 17.9. The van der Waals surface area contributed by atoms with Crippen LogP contribution < -0.4 is 5.32 Å². The first-order valence-electron chi connectivity index (χ1n) is 7.88. The fourth-order valence-corrected chi connectivity index (χ4v) is 3.09. The maximum atomic E-state index is 12.0. The van der Waals surface area contributed by atoms with Gasteiger partial charge in [0.05, 0.1) is 5.75 Å². The van der Waals surface area contributed by atoms with Crippen molar-refractivity contribution in [2.45, 2.75) is 31.9 Å². The van der Waals surface area contributed by atoms with Gasteiger partial charge in [-0.3, -0.25) is 4.79 Å². The molecule has 0 spiro atoms. The number of benzene rings is 2. The number of unbranched alkanes of at least 4 members (excludes halogenated alkanes) is 1. The zero-order valence-corrected chi connectivity index (χ0v) is 14.9. The SMILES string of the molecule is CCCCc1ccc(NC(=O)CSCc2ccc(Cl)cc2)cc1. The number of carbonyl (C=O) groups excluding carboxylic acids is 1. The number of thioether (sulfide) groups is 1. The molecule has 0 radical (unpaired) electrons. The Hall–Kier alpha value is -1.45. The average Bonchev–Trinajstić information content (AvgIpc) is 2.56. The van der Waals surface area contributed by atoms with Gasteiger partial charge >= 0.3 is 0 Å². The van der Waals surface area contributed by atoms with Crippen LogP contribution in [0.2, 0.25) is 5.02 Å². The second-order valence-corrected chi connectivity index (χ2v) is 6.89. The number of hydrogen-bond acceptors (Lipinski definition) is 2. The molecule has 0 bridgehead atoms. The van der Waals surface area contributed by atoms with Crippen molar-refractivity contribution >= 4 is 35.0 Å². The maximum absolute atomic E-state index is 12.0. The molecular formula is C19H22ClNOS. The minimum atomic E-state index is 0.0327. The second kappa shape index (κ2) is 9.64. The van der Waals surface area contributed by atoms with Crippen LogP contribution in [0.1, 0.15) is 30.9 Å². The van der Waals surface area contributed by atoms with Gasteiger partial charge in [0.15, 0.2) is 0 Å². The van der Waals surface area contributed by atoms with Gasteiger partial charge in [-0.05, 0) is 48.2 Å². The minimum absolute atomic E-state index is 0.0327. The van der Waals surface area contributed by atoms with Gasteiger partial charge in [0, 0.05) is 16.5 Å². The smallest absolute Gasteiger partial charge is 0.234 e. The average molecular weight is 348 g/mol. The molecule has 4 heteroatoms. The van der Waals surface area contributed by atoms with Crippen LogP contribution in [0, 0.1) is 0 Å². The second-order valence-electron chi connectivity index (χ2n) is 5.47. The van der Waals surface area contributed by atoms with Crippen molar-refractivity contribution in [2.24, 2.45) is 0 Å². The predicted molar refractivity (Wildman–Crippen MR) is 101 cm³/mol. The number of nitrogens with one attached hydrogen (secondary N) is 1. The lowest BCUT2D eigenvalue weighted by atomic mass is 10.1. The van der Waals surface area contributed by atoms with E-state index < -0.39 is 0 Å². The molecule has 122 valence electrons. The highest BCUT2D eigenvalue weighted by atomic mass is 35.5. The molecule has 2 aromatic rings. The van der Waals surface area contributed by atoms with Gasteiger partial charge in [0.2, 0.25) is 5.91 Å². The number of rotatable bonds is 8. The molecule has 1 N–H and O–H groups in total. The van der Waals surface area contributed by atoms with E-state index in [1.807, 2.05) is 36.4 Å². The van der Waals surface area contributed by atoms with Crippen LogP contribution >= 0.6 is 23.4 Å². The normalized spacial score (nSPS) is 10.5. The number of anilines is 1. The van der Waals surface area contributed by atoms with Gasteiger partial charge in [0.1, 0.15) is 0 Å². The zero-order valence-electron chi connectivity index (χ0n) is 13.3. The van der Waals surface area contributed by atoms with E-state index in [0.717, 1.165) is 22.9 Å². The summed E-state index contributed by atoms with van der Waals surface area (Å²) in [6.07, 6.45) is 3.50. The fourth-order valence-electron chi connectivity index (χ4n) is 2.17. The van der Waals surface area contributed by atoms with E-state index in [0.29, 0.717) is 5.75 Å². The highest BCUT2D eigenvalue weighted by Gasteiger charge is 2.03. The highest BCUT2D eigenvalue weighted by molar-refractivity contribution is 7.99. The molecule has 1 amide bonds. The van der Waals surface area contributed by atoms with Gasteiger partial charge in [-0.2, -0.15) is 0 Å². The van der Waals surface area contributed by atoms with Gasteiger partial charge in [-0.15, -0.1) is 11.8 Å². The lowest BCUT2D eigenvalue weighted by Crippen LogP contribution is -2.14. The van der Waals surface area contributed by atoms with Crippen LogP contribution in [0.25, 0.3) is 0 Å². The van der Waals surface area contributed by atoms with Crippen LogP contribution in [-0.4, -0.2) is 11.7 Å². The maximum Gasteiger partial charge on any atom is 0.234 e. The molecule has 23 heavy (non-hydrogen) atoms. The number of halogens is 1. The van der Waals surface area contributed by atoms with Crippen LogP contribution in [0.3, 0.4) is 0 Å². The van der Waals surface area contributed by atoms with Crippen LogP contribution in [0.4, 0.5) is 5.69 Å². The molecule has 0 aliphatic rings. The molecule has 2 aromatic carbocycles. The summed E-state index contributed by atoms with van der Waals surface area (Å²) in [5.74, 6) is 1.28. The largest absolute Gasteiger partial charge is 0.325 e. The summed E-state index contributed by atoms with van der Waals surface area (Å²) in [5, 5.41) is 3.67. The summed E-state index contributed by atoms with van der Waals surface area (Å²) < 4.78 is 0. The van der Waals surface area contributed by atoms with E-state index in [1.165, 1.54) is 24.0 Å². The third-order valence-electron chi connectivity index (χ3n) is 3.47. The molecule has 0 saturated carbocycles. The summed E-state index contributed by atoms with van der Waals surface area (Å²) in [7, 11) is 0. The third-order valence-corrected chi connectivity index (χ3v) is 4.73. The van der Waals surface area contributed by atoms with Gasteiger partial charge in [-0.25, -0.2) is 0 Å². The van der Waals surface area contributed by atoms with Crippen molar-refractivity contribution in [1.29, 1.82) is 0 Å². The predicted octanol–water partition coefficient (Wildman–Crippen LogP) is 5.55. The van der Waals surface area contributed by atoms with Gasteiger partial charge in [0.25, 0.3) is 0 Å². The summed E-state index contributed by atoms with van der Waals surface area (Å²) >= 11 is 7.45. The molecular weight excluding hydrogens is 326 g/mol. The Kier molecular flexibility index (Phi) is 7.50. The van der Waals surface area contributed by atoms with Crippen molar-refractivity contribution in [3.63, 3.8) is 0 Å². The molecule has 2 rings (SSSR count). The number of amides is 1. The number of aryl methyl sites for hydroxylation is 1. The molecule has 0 saturated heterocycles. The van der Waals surface area contributed by atoms with Crippen molar-refractivity contribution in [2.75, 3.05) is 11.1 Å². The third kappa shape index (κ3) is 6.67. The number of carbonyl (C=O) groups is 1. The van der Waals surface area contributed by atoms with Crippen molar-refractivity contribution in [3.05, 3.63) is 64.7 Å². The Morgan fingerprint density at radius 2 is 1.70 bits per heavy atom. The lowest BCUT2D eigenvalue weighted by molar-refractivity contribution is -0.113. The first-order valence-corrected chi connectivity index (χ1v) is 9.41. The van der Waals surface area contributed by atoms with Crippen molar-refractivity contribution < 1.29 is 4.79 Å². The molecule has 0 atom stereocenters. The Labute approximate surface area is 147 Å². The molecule has 0 heterocycles. The summed E-state index contributed by atoms with van der Waals surface area (Å²) in [4.78, 5) is 12.0. The molecule has 0 aliphatic heterocycles. The monoisotopic (exact) mass is 347 g/mol.